The van der Waals surface area contributed by atoms with Gasteiger partial charge in [0.1, 0.15) is 0 Å². The predicted molar refractivity (Wildman–Crippen MR) is 95.3 cm³/mol. The van der Waals surface area contributed by atoms with Crippen molar-refractivity contribution in [2.45, 2.75) is 32.7 Å². The summed E-state index contributed by atoms with van der Waals surface area (Å²) in [5.41, 5.74) is 4.68. The molecule has 0 bridgehead atoms. The number of benzene rings is 1. The summed E-state index contributed by atoms with van der Waals surface area (Å²) in [6.45, 7) is 10.4. The van der Waals surface area contributed by atoms with Gasteiger partial charge in [0.25, 0.3) is 0 Å². The first kappa shape index (κ1) is 22.4. The summed E-state index contributed by atoms with van der Waals surface area (Å²) in [7, 11) is 0. The molecular formula is C14H24Cl3PZr. The van der Waals surface area contributed by atoms with Crippen LogP contribution in [0.2, 0.25) is 8.26 Å². The summed E-state index contributed by atoms with van der Waals surface area (Å²) in [5, 5.41) is 0. The van der Waals surface area contributed by atoms with Gasteiger partial charge in [-0.3, -0.25) is 0 Å². The normalized spacial score (nSPS) is 16.4. The van der Waals surface area contributed by atoms with E-state index in [9.17, 15) is 0 Å². The molecule has 0 spiro atoms. The average molecular weight is 421 g/mol. The molecule has 0 N–H and O–H groups in total. The summed E-state index contributed by atoms with van der Waals surface area (Å²) < 4.78 is 3.63. The Morgan fingerprint density at radius 1 is 1.05 bits per heavy atom. The van der Waals surface area contributed by atoms with Crippen LogP contribution in [0.25, 0.3) is 6.08 Å². The Bertz CT molecular complexity index is 430. The monoisotopic (exact) mass is 418 g/mol. The number of rotatable bonds is 3. The number of allylic oxidation sites excluding steroid dienone is 1. The van der Waals surface area contributed by atoms with Crippen molar-refractivity contribution in [3.05, 3.63) is 41.0 Å². The first-order chi connectivity index (χ1) is 7.62. The van der Waals surface area contributed by atoms with Crippen molar-refractivity contribution in [2.24, 2.45) is 0 Å². The van der Waals surface area contributed by atoms with Crippen LogP contribution >= 0.6 is 43.8 Å². The molecule has 5 heteroatoms. The number of halogens is 3. The molecule has 1 aliphatic carbocycles. The molecule has 1 aromatic carbocycles. The molecule has 0 saturated heterocycles. The topological polar surface area (TPSA) is 0 Å². The third-order valence-corrected chi connectivity index (χ3v) is 22.0. The van der Waals surface area contributed by atoms with Gasteiger partial charge in [-0.25, -0.2) is 0 Å². The van der Waals surface area contributed by atoms with Crippen molar-refractivity contribution < 1.29 is 19.7 Å². The third kappa shape index (κ3) is 4.31. The van der Waals surface area contributed by atoms with Gasteiger partial charge in [0.15, 0.2) is 0 Å². The van der Waals surface area contributed by atoms with Gasteiger partial charge in [0, 0.05) is 0 Å². The van der Waals surface area contributed by atoms with Crippen molar-refractivity contribution in [1.29, 1.82) is 0 Å². The van der Waals surface area contributed by atoms with E-state index < -0.39 is 19.7 Å². The van der Waals surface area contributed by atoms with E-state index in [2.05, 4.69) is 57.6 Å². The Labute approximate surface area is 142 Å². The quantitative estimate of drug-likeness (QED) is 0.508. The largest absolute Gasteiger partial charge is 0.147 e. The van der Waals surface area contributed by atoms with Crippen molar-refractivity contribution in [3.8, 4) is 0 Å². The van der Waals surface area contributed by atoms with Crippen LogP contribution in [0.5, 0.6) is 0 Å². The molecule has 0 amide bonds. The molecule has 1 aromatic rings. The molecule has 2 unspecified atom stereocenters. The van der Waals surface area contributed by atoms with Crippen LogP contribution in [0.3, 0.4) is 0 Å². The van der Waals surface area contributed by atoms with Crippen LogP contribution in [0.4, 0.5) is 0 Å². The van der Waals surface area contributed by atoms with Gasteiger partial charge < -0.3 is 0 Å². The standard InChI is InChI=1S/C10H9.2C2H5.3ClH.H2P.Zr/c1-8-6-9-4-2-3-5-10(9)7-8;2*1-2;;;;;/h2-7H,1H3;2*1H2,2H3;3*1H;1H2;/q;;;;;;-1;+1. The Kier molecular flexibility index (Phi) is 10.9. The Balaban J connectivity index is 0. The van der Waals surface area contributed by atoms with E-state index in [1.54, 1.807) is 11.1 Å². The fourth-order valence-electron chi connectivity index (χ4n) is 2.90. The third-order valence-electron chi connectivity index (χ3n) is 4.04. The van der Waals surface area contributed by atoms with Crippen LogP contribution < -0.4 is 0 Å². The summed E-state index contributed by atoms with van der Waals surface area (Å²) in [5.74, 6) is 0. The second kappa shape index (κ2) is 9.22. The maximum absolute atomic E-state index is 3.33. The molecule has 0 saturated carbocycles. The van der Waals surface area contributed by atoms with E-state index >= 15 is 0 Å². The van der Waals surface area contributed by atoms with Crippen LogP contribution in [-0.2, 0) is 19.7 Å². The van der Waals surface area contributed by atoms with Gasteiger partial charge in [0.05, 0.1) is 0 Å². The molecule has 2 atom stereocenters. The van der Waals surface area contributed by atoms with Crippen LogP contribution in [0.1, 0.15) is 35.5 Å². The van der Waals surface area contributed by atoms with Gasteiger partial charge in [-0.2, -0.15) is 0 Å². The van der Waals surface area contributed by atoms with E-state index in [1.807, 2.05) is 0 Å². The molecule has 2 rings (SSSR count). The molecule has 0 radical (unpaired) electrons. The second-order valence-electron chi connectivity index (χ2n) is 4.89. The maximum atomic E-state index is 3.33. The van der Waals surface area contributed by atoms with Crippen LogP contribution in [0.15, 0.2) is 29.8 Å². The van der Waals surface area contributed by atoms with E-state index in [1.165, 1.54) is 13.8 Å². The zero-order chi connectivity index (χ0) is 11.8. The number of hydrogen-bond donors (Lipinski definition) is 0. The minimum absolute atomic E-state index is 0. The molecule has 0 aromatic heterocycles. The summed E-state index contributed by atoms with van der Waals surface area (Å²) in [6.07, 6.45) is 2.40. The molecule has 0 nitrogen and oxygen atoms in total. The Morgan fingerprint density at radius 2 is 1.58 bits per heavy atom. The van der Waals surface area contributed by atoms with Crippen molar-refractivity contribution >= 4 is 49.8 Å². The molecule has 1 aliphatic rings. The van der Waals surface area contributed by atoms with Crippen molar-refractivity contribution in [2.75, 3.05) is 0 Å². The van der Waals surface area contributed by atoms with Crippen LogP contribution in [0, 0.1) is 0 Å². The summed E-state index contributed by atoms with van der Waals surface area (Å²) >= 11 is -2.03. The van der Waals surface area contributed by atoms with Gasteiger partial charge >= 0.3 is 106 Å². The van der Waals surface area contributed by atoms with E-state index in [0.717, 1.165) is 3.63 Å². The summed E-state index contributed by atoms with van der Waals surface area (Å²) in [6, 6.07) is 8.96. The molecule has 110 valence electrons. The molecule has 0 fully saturated rings. The molecule has 0 heterocycles. The number of fused-ring (bicyclic) bond motifs is 1. The van der Waals surface area contributed by atoms with E-state index in [0.29, 0.717) is 0 Å². The number of hydrogen-bond acceptors (Lipinski definition) is 0. The smallest absolute Gasteiger partial charge is 0.147 e. The minimum atomic E-state index is -2.03. The predicted octanol–water partition coefficient (Wildman–Crippen LogP) is 6.23. The van der Waals surface area contributed by atoms with Crippen molar-refractivity contribution in [1.82, 2.24) is 0 Å². The van der Waals surface area contributed by atoms with Gasteiger partial charge in [-0.1, -0.05) is 0 Å². The molecule has 19 heavy (non-hydrogen) atoms. The fraction of sp³-hybridized carbons (Fsp3) is 0.429. The second-order valence-corrected chi connectivity index (χ2v) is 22.7. The van der Waals surface area contributed by atoms with Crippen LogP contribution in [-0.4, -0.2) is 0 Å². The minimum Gasteiger partial charge on any atom is -0.147 e. The Morgan fingerprint density at radius 3 is 2.11 bits per heavy atom. The first-order valence-electron chi connectivity index (χ1n) is 6.18. The van der Waals surface area contributed by atoms with Gasteiger partial charge in [-0.05, 0) is 0 Å². The summed E-state index contributed by atoms with van der Waals surface area (Å²) in [4.78, 5) is 0. The fourth-order valence-corrected chi connectivity index (χ4v) is 13.4. The van der Waals surface area contributed by atoms with E-state index in [-0.39, 0.29) is 37.2 Å². The van der Waals surface area contributed by atoms with E-state index in [4.69, 9.17) is 0 Å². The molecular weight excluding hydrogens is 397 g/mol. The maximum Gasteiger partial charge on any atom is -0.147 e. The average Bonchev–Trinajstić information content (AvgIpc) is 2.64. The molecule has 0 aliphatic heterocycles. The van der Waals surface area contributed by atoms with Gasteiger partial charge in [0.2, 0.25) is 0 Å². The van der Waals surface area contributed by atoms with Gasteiger partial charge in [-0.15, -0.1) is 37.2 Å². The van der Waals surface area contributed by atoms with Crippen molar-refractivity contribution in [3.63, 3.8) is 0 Å². The SMILES string of the molecule is C[CH2][Zr]([PH2])([CH2]C)[CH]1C(C)=Cc2ccccc21.Cl.Cl.Cl. The Hall–Kier alpha value is 1.14. The zero-order valence-electron chi connectivity index (χ0n) is 11.7. The zero-order valence-corrected chi connectivity index (χ0v) is 17.7. The first-order valence-corrected chi connectivity index (χ1v) is 15.9.